The van der Waals surface area contributed by atoms with Gasteiger partial charge in [0.05, 0.1) is 18.8 Å². The highest BCUT2D eigenvalue weighted by molar-refractivity contribution is 5.94. The monoisotopic (exact) mass is 263 g/mol. The Hall–Kier alpha value is -1.55. The number of hydrogen-bond acceptors (Lipinski definition) is 3. The predicted molar refractivity (Wildman–Crippen MR) is 73.5 cm³/mol. The molecule has 1 fully saturated rings. The summed E-state index contributed by atoms with van der Waals surface area (Å²) in [7, 11) is 0. The molecule has 0 aliphatic carbocycles. The first-order valence-electron chi connectivity index (χ1n) is 6.86. The maximum absolute atomic E-state index is 12.1. The molecule has 1 aliphatic rings. The van der Waals surface area contributed by atoms with Gasteiger partial charge in [0, 0.05) is 12.2 Å². The van der Waals surface area contributed by atoms with E-state index in [0.29, 0.717) is 12.2 Å². The van der Waals surface area contributed by atoms with Crippen molar-refractivity contribution in [2.75, 3.05) is 13.2 Å². The highest BCUT2D eigenvalue weighted by Crippen LogP contribution is 2.17. The highest BCUT2D eigenvalue weighted by atomic mass is 16.5. The molecule has 0 bridgehead atoms. The van der Waals surface area contributed by atoms with Gasteiger partial charge in [0.15, 0.2) is 0 Å². The van der Waals surface area contributed by atoms with Gasteiger partial charge < -0.3 is 14.8 Å². The van der Waals surface area contributed by atoms with Gasteiger partial charge in [0.25, 0.3) is 5.91 Å². The van der Waals surface area contributed by atoms with Crippen LogP contribution in [0.15, 0.2) is 24.3 Å². The number of ether oxygens (including phenoxy) is 2. The molecule has 0 unspecified atom stereocenters. The van der Waals surface area contributed by atoms with Crippen molar-refractivity contribution < 1.29 is 14.3 Å². The molecule has 19 heavy (non-hydrogen) atoms. The summed E-state index contributed by atoms with van der Waals surface area (Å²) >= 11 is 0. The van der Waals surface area contributed by atoms with Gasteiger partial charge >= 0.3 is 0 Å². The van der Waals surface area contributed by atoms with Crippen LogP contribution in [0.3, 0.4) is 0 Å². The van der Waals surface area contributed by atoms with E-state index in [0.717, 1.165) is 25.2 Å². The van der Waals surface area contributed by atoms with Gasteiger partial charge in [0.1, 0.15) is 5.75 Å². The Kier molecular flexibility index (Phi) is 4.80. The lowest BCUT2D eigenvalue weighted by Crippen LogP contribution is -2.40. The van der Waals surface area contributed by atoms with E-state index in [4.69, 9.17) is 9.47 Å². The van der Waals surface area contributed by atoms with E-state index >= 15 is 0 Å². The molecule has 4 nitrogen and oxygen atoms in total. The predicted octanol–water partition coefficient (Wildman–Crippen LogP) is 2.38. The Morgan fingerprint density at radius 1 is 1.58 bits per heavy atom. The van der Waals surface area contributed by atoms with E-state index in [2.05, 4.69) is 5.32 Å². The fourth-order valence-electron chi connectivity index (χ4n) is 2.27. The van der Waals surface area contributed by atoms with Gasteiger partial charge in [0.2, 0.25) is 0 Å². The summed E-state index contributed by atoms with van der Waals surface area (Å²) in [6, 6.07) is 7.27. The second kappa shape index (κ2) is 6.57. The number of rotatable bonds is 5. The lowest BCUT2D eigenvalue weighted by Gasteiger charge is -2.20. The molecule has 1 aliphatic heterocycles. The molecule has 0 radical (unpaired) electrons. The summed E-state index contributed by atoms with van der Waals surface area (Å²) in [5.41, 5.74) is 0.621. The van der Waals surface area contributed by atoms with E-state index in [1.165, 1.54) is 0 Å². The molecular weight excluding hydrogens is 242 g/mol. The van der Waals surface area contributed by atoms with Gasteiger partial charge in [-0.05, 0) is 44.9 Å². The molecule has 104 valence electrons. The van der Waals surface area contributed by atoms with Crippen LogP contribution in [0.2, 0.25) is 0 Å². The van der Waals surface area contributed by atoms with Crippen LogP contribution in [0.4, 0.5) is 0 Å². The first-order chi connectivity index (χ1) is 9.20. The molecule has 0 spiro atoms. The molecule has 0 saturated carbocycles. The first kappa shape index (κ1) is 13.9. The largest absolute Gasteiger partial charge is 0.494 e. The van der Waals surface area contributed by atoms with Gasteiger partial charge in [-0.1, -0.05) is 6.07 Å². The highest BCUT2D eigenvalue weighted by Gasteiger charge is 2.23. The van der Waals surface area contributed by atoms with Crippen molar-refractivity contribution in [2.45, 2.75) is 38.8 Å². The van der Waals surface area contributed by atoms with E-state index in [9.17, 15) is 4.79 Å². The summed E-state index contributed by atoms with van der Waals surface area (Å²) in [4.78, 5) is 12.1. The van der Waals surface area contributed by atoms with Crippen LogP contribution in [-0.4, -0.2) is 31.3 Å². The van der Waals surface area contributed by atoms with Gasteiger partial charge in [-0.2, -0.15) is 0 Å². The van der Waals surface area contributed by atoms with Crippen molar-refractivity contribution in [3.05, 3.63) is 29.8 Å². The minimum atomic E-state index is -0.0791. The molecule has 0 aromatic heterocycles. The standard InChI is InChI=1S/C15H21NO3/c1-3-18-13-7-4-6-12(10-13)15(17)16-11(2)14-8-5-9-19-14/h4,6-7,10-11,14H,3,5,8-9H2,1-2H3,(H,16,17)/t11-,14+/m1/s1. The van der Waals surface area contributed by atoms with E-state index in [1.807, 2.05) is 26.0 Å². The Bertz CT molecular complexity index is 427. The second-order valence-electron chi connectivity index (χ2n) is 4.77. The Morgan fingerprint density at radius 3 is 3.11 bits per heavy atom. The molecule has 4 heteroatoms. The van der Waals surface area contributed by atoms with Crippen LogP contribution in [-0.2, 0) is 4.74 Å². The Balaban J connectivity index is 1.96. The van der Waals surface area contributed by atoms with Gasteiger partial charge in [-0.15, -0.1) is 0 Å². The first-order valence-corrected chi connectivity index (χ1v) is 6.86. The smallest absolute Gasteiger partial charge is 0.251 e. The lowest BCUT2D eigenvalue weighted by atomic mass is 10.1. The zero-order valence-corrected chi connectivity index (χ0v) is 11.5. The summed E-state index contributed by atoms with van der Waals surface area (Å²) < 4.78 is 11.0. The van der Waals surface area contributed by atoms with E-state index < -0.39 is 0 Å². The van der Waals surface area contributed by atoms with Gasteiger partial charge in [-0.3, -0.25) is 4.79 Å². The fourth-order valence-corrected chi connectivity index (χ4v) is 2.27. The van der Waals surface area contributed by atoms with Crippen LogP contribution in [0.5, 0.6) is 5.75 Å². The zero-order chi connectivity index (χ0) is 13.7. The normalized spacial score (nSPS) is 20.0. The topological polar surface area (TPSA) is 47.6 Å². The third-order valence-electron chi connectivity index (χ3n) is 3.29. The lowest BCUT2D eigenvalue weighted by molar-refractivity contribution is 0.0712. The summed E-state index contributed by atoms with van der Waals surface area (Å²) in [5, 5.41) is 2.99. The van der Waals surface area contributed by atoms with Crippen LogP contribution < -0.4 is 10.1 Å². The average molecular weight is 263 g/mol. The number of carbonyl (C=O) groups is 1. The molecule has 2 atom stereocenters. The fraction of sp³-hybridized carbons (Fsp3) is 0.533. The van der Waals surface area contributed by atoms with Crippen molar-refractivity contribution in [3.8, 4) is 5.75 Å². The number of amides is 1. The number of carbonyl (C=O) groups excluding carboxylic acids is 1. The maximum atomic E-state index is 12.1. The van der Waals surface area contributed by atoms with E-state index in [-0.39, 0.29) is 18.1 Å². The number of nitrogens with one attached hydrogen (secondary N) is 1. The molecule has 1 aromatic rings. The summed E-state index contributed by atoms with van der Waals surface area (Å²) in [6.45, 7) is 5.30. The van der Waals surface area contributed by atoms with Crippen molar-refractivity contribution in [3.63, 3.8) is 0 Å². The molecular formula is C15H21NO3. The molecule has 1 N–H and O–H groups in total. The molecule has 1 saturated heterocycles. The third kappa shape index (κ3) is 3.70. The SMILES string of the molecule is CCOc1cccc(C(=O)N[C@H](C)[C@@H]2CCCO2)c1. The number of hydrogen-bond donors (Lipinski definition) is 1. The van der Waals surface area contributed by atoms with Crippen LogP contribution in [0.1, 0.15) is 37.0 Å². The van der Waals surface area contributed by atoms with Crippen LogP contribution in [0, 0.1) is 0 Å². The van der Waals surface area contributed by atoms with Crippen molar-refractivity contribution in [2.24, 2.45) is 0 Å². The Morgan fingerprint density at radius 2 is 2.42 bits per heavy atom. The van der Waals surface area contributed by atoms with Crippen LogP contribution >= 0.6 is 0 Å². The zero-order valence-electron chi connectivity index (χ0n) is 11.5. The quantitative estimate of drug-likeness (QED) is 0.887. The third-order valence-corrected chi connectivity index (χ3v) is 3.29. The van der Waals surface area contributed by atoms with Gasteiger partial charge in [-0.25, -0.2) is 0 Å². The molecule has 1 heterocycles. The summed E-state index contributed by atoms with van der Waals surface area (Å²) in [5.74, 6) is 0.643. The molecule has 1 amide bonds. The van der Waals surface area contributed by atoms with Crippen molar-refractivity contribution >= 4 is 5.91 Å². The Labute approximate surface area is 114 Å². The van der Waals surface area contributed by atoms with E-state index in [1.54, 1.807) is 12.1 Å². The van der Waals surface area contributed by atoms with Crippen molar-refractivity contribution in [1.82, 2.24) is 5.32 Å². The van der Waals surface area contributed by atoms with Crippen LogP contribution in [0.25, 0.3) is 0 Å². The minimum absolute atomic E-state index is 0.0331. The minimum Gasteiger partial charge on any atom is -0.494 e. The maximum Gasteiger partial charge on any atom is 0.251 e. The molecule has 2 rings (SSSR count). The number of benzene rings is 1. The van der Waals surface area contributed by atoms with Crippen molar-refractivity contribution in [1.29, 1.82) is 0 Å². The summed E-state index contributed by atoms with van der Waals surface area (Å²) in [6.07, 6.45) is 2.23. The molecule has 1 aromatic carbocycles. The average Bonchev–Trinajstić information content (AvgIpc) is 2.93. The second-order valence-corrected chi connectivity index (χ2v) is 4.77.